The van der Waals surface area contributed by atoms with Crippen LogP contribution in [0.5, 0.6) is 0 Å². The first-order chi connectivity index (χ1) is 12.4. The van der Waals surface area contributed by atoms with Gasteiger partial charge >= 0.3 is 59.1 Å². The molecule has 0 saturated heterocycles. The molecule has 156 valence electrons. The van der Waals surface area contributed by atoms with Crippen molar-refractivity contribution in [2.24, 2.45) is 0 Å². The van der Waals surface area contributed by atoms with Crippen LogP contribution in [-0.4, -0.2) is 72.3 Å². The van der Waals surface area contributed by atoms with Crippen LogP contribution in [0.1, 0.15) is 142 Å². The third-order valence-electron chi connectivity index (χ3n) is 5.28. The standard InChI is InChI=1S/C24H50O.2Na.2H/c1-3-5-7-9-11-13-15-17-19-21-23-25-24-22-20-18-16-14-12-10-8-6-4-2;;;;/h3-24H2,1-2H3;;;;. The van der Waals surface area contributed by atoms with E-state index in [1.165, 1.54) is 128 Å². The van der Waals surface area contributed by atoms with Crippen molar-refractivity contribution >= 4 is 59.1 Å². The number of ether oxygens (including phenoxy) is 1. The van der Waals surface area contributed by atoms with Crippen LogP contribution in [0.15, 0.2) is 0 Å². The molecule has 0 atom stereocenters. The quantitative estimate of drug-likeness (QED) is 0.134. The van der Waals surface area contributed by atoms with E-state index in [2.05, 4.69) is 13.8 Å². The van der Waals surface area contributed by atoms with E-state index in [-0.39, 0.29) is 59.1 Å². The van der Waals surface area contributed by atoms with Crippen molar-refractivity contribution in [3.05, 3.63) is 0 Å². The van der Waals surface area contributed by atoms with Crippen LogP contribution < -0.4 is 0 Å². The van der Waals surface area contributed by atoms with E-state index in [9.17, 15) is 0 Å². The molecule has 0 saturated carbocycles. The van der Waals surface area contributed by atoms with Crippen LogP contribution >= 0.6 is 0 Å². The number of hydrogen-bond donors (Lipinski definition) is 0. The molecule has 0 amide bonds. The number of hydrogen-bond acceptors (Lipinski definition) is 1. The fourth-order valence-electron chi connectivity index (χ4n) is 3.49. The van der Waals surface area contributed by atoms with E-state index in [4.69, 9.17) is 4.74 Å². The van der Waals surface area contributed by atoms with E-state index in [1.807, 2.05) is 0 Å². The molecule has 27 heavy (non-hydrogen) atoms. The second kappa shape index (κ2) is 32.6. The fourth-order valence-corrected chi connectivity index (χ4v) is 3.49. The summed E-state index contributed by atoms with van der Waals surface area (Å²) >= 11 is 0. The van der Waals surface area contributed by atoms with Crippen molar-refractivity contribution < 1.29 is 4.74 Å². The SMILES string of the molecule is CCCCCCCCCCCCOCCCCCCCCCCCC.[NaH].[NaH]. The van der Waals surface area contributed by atoms with Crippen molar-refractivity contribution in [1.29, 1.82) is 0 Å². The van der Waals surface area contributed by atoms with E-state index in [1.54, 1.807) is 0 Å². The van der Waals surface area contributed by atoms with Crippen LogP contribution in [0.2, 0.25) is 0 Å². The Kier molecular flexibility index (Phi) is 40.6. The minimum absolute atomic E-state index is 0. The van der Waals surface area contributed by atoms with Crippen LogP contribution in [-0.2, 0) is 4.74 Å². The van der Waals surface area contributed by atoms with Gasteiger partial charge in [-0.15, -0.1) is 0 Å². The van der Waals surface area contributed by atoms with Gasteiger partial charge in [-0.05, 0) is 12.8 Å². The summed E-state index contributed by atoms with van der Waals surface area (Å²) in [5.41, 5.74) is 0. The van der Waals surface area contributed by atoms with E-state index in [0.717, 1.165) is 13.2 Å². The number of unbranched alkanes of at least 4 members (excludes halogenated alkanes) is 18. The summed E-state index contributed by atoms with van der Waals surface area (Å²) in [6, 6.07) is 0. The first-order valence-electron chi connectivity index (χ1n) is 12.0. The molecule has 0 unspecified atom stereocenters. The summed E-state index contributed by atoms with van der Waals surface area (Å²) in [7, 11) is 0. The molecule has 3 heteroatoms. The minimum atomic E-state index is 0. The second-order valence-corrected chi connectivity index (χ2v) is 7.98. The molecule has 0 fully saturated rings. The average Bonchev–Trinajstić information content (AvgIpc) is 2.63. The van der Waals surface area contributed by atoms with Gasteiger partial charge < -0.3 is 4.74 Å². The fraction of sp³-hybridized carbons (Fsp3) is 1.00. The summed E-state index contributed by atoms with van der Waals surface area (Å²) in [5.74, 6) is 0. The van der Waals surface area contributed by atoms with E-state index >= 15 is 0 Å². The molecule has 0 spiro atoms. The molecule has 0 heterocycles. The van der Waals surface area contributed by atoms with Gasteiger partial charge in [0.1, 0.15) is 0 Å². The van der Waals surface area contributed by atoms with Crippen molar-refractivity contribution in [3.8, 4) is 0 Å². The molecule has 0 rings (SSSR count). The van der Waals surface area contributed by atoms with Crippen LogP contribution in [0.25, 0.3) is 0 Å². The monoisotopic (exact) mass is 402 g/mol. The van der Waals surface area contributed by atoms with Crippen LogP contribution in [0, 0.1) is 0 Å². The molecule has 0 aliphatic rings. The van der Waals surface area contributed by atoms with Crippen molar-refractivity contribution in [1.82, 2.24) is 0 Å². The zero-order chi connectivity index (χ0) is 18.3. The van der Waals surface area contributed by atoms with Gasteiger partial charge in [-0.25, -0.2) is 0 Å². The van der Waals surface area contributed by atoms with E-state index < -0.39 is 0 Å². The Labute approximate surface area is 217 Å². The molecule has 0 aromatic rings. The third-order valence-corrected chi connectivity index (χ3v) is 5.28. The molecular formula is C24H52Na2O. The van der Waals surface area contributed by atoms with Gasteiger partial charge in [-0.2, -0.15) is 0 Å². The summed E-state index contributed by atoms with van der Waals surface area (Å²) in [4.78, 5) is 0. The molecule has 0 radical (unpaired) electrons. The first kappa shape index (κ1) is 33.6. The van der Waals surface area contributed by atoms with Crippen LogP contribution in [0.4, 0.5) is 0 Å². The normalized spacial score (nSPS) is 10.4. The molecule has 0 aliphatic carbocycles. The third kappa shape index (κ3) is 32.8. The predicted octanol–water partition coefficient (Wildman–Crippen LogP) is 7.55. The Balaban J connectivity index is -0.00000288. The summed E-state index contributed by atoms with van der Waals surface area (Å²) < 4.78 is 5.78. The van der Waals surface area contributed by atoms with Gasteiger partial charge in [0.15, 0.2) is 0 Å². The molecule has 0 aromatic carbocycles. The van der Waals surface area contributed by atoms with Gasteiger partial charge in [0.25, 0.3) is 0 Å². The summed E-state index contributed by atoms with van der Waals surface area (Å²) in [6.07, 6.45) is 28.2. The van der Waals surface area contributed by atoms with Crippen molar-refractivity contribution in [2.75, 3.05) is 13.2 Å². The Bertz CT molecular complexity index is 202. The topological polar surface area (TPSA) is 9.23 Å². The van der Waals surface area contributed by atoms with Gasteiger partial charge in [0.2, 0.25) is 0 Å². The van der Waals surface area contributed by atoms with Crippen molar-refractivity contribution in [3.63, 3.8) is 0 Å². The Hall–Kier alpha value is 1.96. The molecule has 0 N–H and O–H groups in total. The molecule has 1 nitrogen and oxygen atoms in total. The maximum atomic E-state index is 5.78. The first-order valence-corrected chi connectivity index (χ1v) is 12.0. The molecule has 0 aliphatic heterocycles. The maximum absolute atomic E-state index is 5.78. The van der Waals surface area contributed by atoms with Gasteiger partial charge in [-0.1, -0.05) is 129 Å². The zero-order valence-corrected chi connectivity index (χ0v) is 18.0. The Morgan fingerprint density at radius 1 is 0.333 bits per heavy atom. The predicted molar refractivity (Wildman–Crippen MR) is 129 cm³/mol. The van der Waals surface area contributed by atoms with Crippen molar-refractivity contribution in [2.45, 2.75) is 142 Å². The van der Waals surface area contributed by atoms with Gasteiger partial charge in [0.05, 0.1) is 0 Å². The molecule has 0 bridgehead atoms. The zero-order valence-electron chi connectivity index (χ0n) is 18.0. The average molecular weight is 403 g/mol. The molecular weight excluding hydrogens is 350 g/mol. The summed E-state index contributed by atoms with van der Waals surface area (Å²) in [6.45, 7) is 6.57. The molecule has 0 aromatic heterocycles. The Morgan fingerprint density at radius 3 is 0.815 bits per heavy atom. The van der Waals surface area contributed by atoms with E-state index in [0.29, 0.717) is 0 Å². The summed E-state index contributed by atoms with van der Waals surface area (Å²) in [5, 5.41) is 0. The number of rotatable bonds is 22. The Morgan fingerprint density at radius 2 is 0.556 bits per heavy atom. The van der Waals surface area contributed by atoms with Gasteiger partial charge in [-0.3, -0.25) is 0 Å². The van der Waals surface area contributed by atoms with Crippen LogP contribution in [0.3, 0.4) is 0 Å². The van der Waals surface area contributed by atoms with Gasteiger partial charge in [0, 0.05) is 13.2 Å². The second-order valence-electron chi connectivity index (χ2n) is 7.98.